The number of ether oxygens (including phenoxy) is 1. The first-order chi connectivity index (χ1) is 13.4. The normalized spacial score (nSPS) is 16.9. The van der Waals surface area contributed by atoms with Crippen LogP contribution in [0.1, 0.15) is 25.8 Å². The molecule has 2 aromatic carbocycles. The van der Waals surface area contributed by atoms with Crippen molar-refractivity contribution in [3.63, 3.8) is 0 Å². The van der Waals surface area contributed by atoms with Crippen molar-refractivity contribution in [3.05, 3.63) is 65.5 Å². The Labute approximate surface area is 167 Å². The van der Waals surface area contributed by atoms with Gasteiger partial charge in [0.05, 0.1) is 11.8 Å². The molecule has 0 bridgehead atoms. The fraction of sp³-hybridized carbons (Fsp3) is 0.190. The number of halogens is 1. The van der Waals surface area contributed by atoms with Crippen molar-refractivity contribution in [2.75, 3.05) is 4.90 Å². The maximum Gasteiger partial charge on any atom is 0.270 e. The molecule has 7 heteroatoms. The van der Waals surface area contributed by atoms with Crippen molar-refractivity contribution in [2.24, 2.45) is 0 Å². The van der Waals surface area contributed by atoms with Gasteiger partial charge >= 0.3 is 0 Å². The quantitative estimate of drug-likeness (QED) is 0.472. The number of benzene rings is 2. The SMILES string of the molecule is CC[C@H](C)Oc1ccc(/C=C2\C(=O)NC(=S)N(c3cccc(F)c3)C2=O)cc1. The van der Waals surface area contributed by atoms with Gasteiger partial charge in [-0.05, 0) is 67.5 Å². The van der Waals surface area contributed by atoms with E-state index in [-0.39, 0.29) is 22.5 Å². The van der Waals surface area contributed by atoms with Gasteiger partial charge in [-0.25, -0.2) is 4.39 Å². The molecular formula is C21H19FN2O3S. The largest absolute Gasteiger partial charge is 0.491 e. The van der Waals surface area contributed by atoms with Crippen molar-refractivity contribution < 1.29 is 18.7 Å². The minimum absolute atomic E-state index is 0.0879. The number of carbonyl (C=O) groups excluding carboxylic acids is 2. The standard InChI is InChI=1S/C21H19FN2O3S/c1-3-13(2)27-17-9-7-14(8-10-17)11-18-19(25)23-21(28)24(20(18)26)16-6-4-5-15(22)12-16/h4-13H,3H2,1-2H3,(H,23,25,28)/b18-11+/t13-/m0/s1. The average Bonchev–Trinajstić information content (AvgIpc) is 2.66. The fourth-order valence-corrected chi connectivity index (χ4v) is 2.91. The van der Waals surface area contributed by atoms with Crippen LogP contribution in [-0.4, -0.2) is 23.0 Å². The third kappa shape index (κ3) is 4.26. The molecule has 1 atom stereocenters. The van der Waals surface area contributed by atoms with Gasteiger partial charge < -0.3 is 4.74 Å². The zero-order chi connectivity index (χ0) is 20.3. The van der Waals surface area contributed by atoms with Crippen molar-refractivity contribution >= 4 is 40.9 Å². The Hall–Kier alpha value is -3.06. The van der Waals surface area contributed by atoms with Crippen LogP contribution in [0.2, 0.25) is 0 Å². The second-order valence-corrected chi connectivity index (χ2v) is 6.73. The van der Waals surface area contributed by atoms with Crippen LogP contribution in [0.15, 0.2) is 54.1 Å². The molecule has 0 radical (unpaired) electrons. The molecule has 1 aliphatic rings. The van der Waals surface area contributed by atoms with Crippen LogP contribution in [0, 0.1) is 5.82 Å². The van der Waals surface area contributed by atoms with Gasteiger partial charge in [0.15, 0.2) is 5.11 Å². The van der Waals surface area contributed by atoms with Crippen LogP contribution in [0.4, 0.5) is 10.1 Å². The lowest BCUT2D eigenvalue weighted by Crippen LogP contribution is -2.54. The maximum atomic E-state index is 13.6. The van der Waals surface area contributed by atoms with Gasteiger partial charge in [-0.2, -0.15) is 0 Å². The molecule has 0 aromatic heterocycles. The van der Waals surface area contributed by atoms with E-state index >= 15 is 0 Å². The molecule has 1 heterocycles. The number of hydrogen-bond acceptors (Lipinski definition) is 4. The predicted molar refractivity (Wildman–Crippen MR) is 109 cm³/mol. The highest BCUT2D eigenvalue weighted by Crippen LogP contribution is 2.23. The summed E-state index contributed by atoms with van der Waals surface area (Å²) in [6.45, 7) is 4.01. The molecule has 5 nitrogen and oxygen atoms in total. The third-order valence-corrected chi connectivity index (χ3v) is 4.56. The predicted octanol–water partition coefficient (Wildman–Crippen LogP) is 3.83. The van der Waals surface area contributed by atoms with Gasteiger partial charge in [-0.1, -0.05) is 25.1 Å². The minimum atomic E-state index is -0.612. The van der Waals surface area contributed by atoms with Crippen molar-refractivity contribution in [1.29, 1.82) is 0 Å². The number of anilines is 1. The lowest BCUT2D eigenvalue weighted by Gasteiger charge is -2.28. The van der Waals surface area contributed by atoms with Gasteiger partial charge in [0.25, 0.3) is 11.8 Å². The van der Waals surface area contributed by atoms with Crippen LogP contribution >= 0.6 is 12.2 Å². The molecule has 0 aliphatic carbocycles. The van der Waals surface area contributed by atoms with Gasteiger partial charge in [-0.3, -0.25) is 19.8 Å². The van der Waals surface area contributed by atoms with Crippen LogP contribution in [0.3, 0.4) is 0 Å². The van der Waals surface area contributed by atoms with Gasteiger partial charge in [0.2, 0.25) is 0 Å². The van der Waals surface area contributed by atoms with E-state index in [0.717, 1.165) is 11.3 Å². The summed E-state index contributed by atoms with van der Waals surface area (Å²) >= 11 is 5.10. The summed E-state index contributed by atoms with van der Waals surface area (Å²) < 4.78 is 19.3. The zero-order valence-electron chi connectivity index (χ0n) is 15.4. The Morgan fingerprint density at radius 3 is 2.57 bits per heavy atom. The first-order valence-corrected chi connectivity index (χ1v) is 9.23. The molecule has 2 aromatic rings. The highest BCUT2D eigenvalue weighted by Gasteiger charge is 2.34. The van der Waals surface area contributed by atoms with Crippen LogP contribution in [-0.2, 0) is 9.59 Å². The van der Waals surface area contributed by atoms with Crippen molar-refractivity contribution in [3.8, 4) is 5.75 Å². The Bertz CT molecular complexity index is 956. The number of hydrogen-bond donors (Lipinski definition) is 1. The maximum absolute atomic E-state index is 13.6. The fourth-order valence-electron chi connectivity index (χ4n) is 2.63. The zero-order valence-corrected chi connectivity index (χ0v) is 16.3. The summed E-state index contributed by atoms with van der Waals surface area (Å²) in [6.07, 6.45) is 2.45. The number of rotatable bonds is 5. The van der Waals surface area contributed by atoms with E-state index in [1.807, 2.05) is 13.8 Å². The Morgan fingerprint density at radius 1 is 1.21 bits per heavy atom. The Morgan fingerprint density at radius 2 is 1.93 bits per heavy atom. The van der Waals surface area contributed by atoms with Crippen molar-refractivity contribution in [2.45, 2.75) is 26.4 Å². The lowest BCUT2D eigenvalue weighted by atomic mass is 10.1. The molecule has 0 saturated carbocycles. The molecule has 0 spiro atoms. The summed E-state index contributed by atoms with van der Waals surface area (Å²) in [5.74, 6) is -1.01. The van der Waals surface area contributed by atoms with Gasteiger partial charge in [-0.15, -0.1) is 0 Å². The molecule has 0 unspecified atom stereocenters. The Kier molecular flexibility index (Phi) is 5.84. The first kappa shape index (κ1) is 19.7. The lowest BCUT2D eigenvalue weighted by molar-refractivity contribution is -0.122. The number of carbonyl (C=O) groups is 2. The van der Waals surface area contributed by atoms with Crippen molar-refractivity contribution in [1.82, 2.24) is 5.32 Å². The van der Waals surface area contributed by atoms with E-state index in [1.54, 1.807) is 30.3 Å². The molecule has 2 amide bonds. The first-order valence-electron chi connectivity index (χ1n) is 8.82. The molecule has 1 N–H and O–H groups in total. The van der Waals surface area contributed by atoms with E-state index < -0.39 is 17.6 Å². The van der Waals surface area contributed by atoms with E-state index in [9.17, 15) is 14.0 Å². The smallest absolute Gasteiger partial charge is 0.270 e. The second-order valence-electron chi connectivity index (χ2n) is 6.34. The number of amides is 2. The van der Waals surface area contributed by atoms with E-state index in [0.29, 0.717) is 11.3 Å². The summed E-state index contributed by atoms with van der Waals surface area (Å²) in [4.78, 5) is 26.3. The molecule has 1 saturated heterocycles. The monoisotopic (exact) mass is 398 g/mol. The second kappa shape index (κ2) is 8.31. The molecule has 3 rings (SSSR count). The number of nitrogens with one attached hydrogen (secondary N) is 1. The molecule has 1 fully saturated rings. The summed E-state index contributed by atoms with van der Waals surface area (Å²) in [5.41, 5.74) is 0.814. The minimum Gasteiger partial charge on any atom is -0.491 e. The number of thiocarbonyl (C=S) groups is 1. The van der Waals surface area contributed by atoms with Crippen LogP contribution in [0.5, 0.6) is 5.75 Å². The van der Waals surface area contributed by atoms with Gasteiger partial charge in [0, 0.05) is 0 Å². The summed E-state index contributed by atoms with van der Waals surface area (Å²) in [6, 6.07) is 12.5. The Balaban J connectivity index is 1.88. The summed E-state index contributed by atoms with van der Waals surface area (Å²) in [7, 11) is 0. The van der Waals surface area contributed by atoms with Crippen LogP contribution in [0.25, 0.3) is 6.08 Å². The molecule has 144 valence electrons. The average molecular weight is 398 g/mol. The van der Waals surface area contributed by atoms with E-state index in [1.165, 1.54) is 24.3 Å². The molecule has 28 heavy (non-hydrogen) atoms. The third-order valence-electron chi connectivity index (χ3n) is 4.27. The van der Waals surface area contributed by atoms with E-state index in [4.69, 9.17) is 17.0 Å². The molecule has 1 aliphatic heterocycles. The summed E-state index contributed by atoms with van der Waals surface area (Å²) in [5, 5.41) is 2.39. The highest BCUT2D eigenvalue weighted by molar-refractivity contribution is 7.80. The highest BCUT2D eigenvalue weighted by atomic mass is 32.1. The van der Waals surface area contributed by atoms with E-state index in [2.05, 4.69) is 5.32 Å². The number of nitrogens with zero attached hydrogens (tertiary/aromatic N) is 1. The van der Waals surface area contributed by atoms with Crippen LogP contribution < -0.4 is 15.0 Å². The topological polar surface area (TPSA) is 58.6 Å². The van der Waals surface area contributed by atoms with Gasteiger partial charge in [0.1, 0.15) is 17.1 Å². The molecular weight excluding hydrogens is 379 g/mol.